The van der Waals surface area contributed by atoms with Crippen molar-refractivity contribution in [2.24, 2.45) is 0 Å². The summed E-state index contributed by atoms with van der Waals surface area (Å²) in [4.78, 5) is 15.2. The predicted octanol–water partition coefficient (Wildman–Crippen LogP) is 4.71. The Morgan fingerprint density at radius 1 is 1.07 bits per heavy atom. The van der Waals surface area contributed by atoms with E-state index in [1.54, 1.807) is 30.3 Å². The molecule has 2 atom stereocenters. The van der Waals surface area contributed by atoms with Crippen molar-refractivity contribution in [2.75, 3.05) is 13.2 Å². The van der Waals surface area contributed by atoms with Crippen molar-refractivity contribution in [1.82, 2.24) is 4.90 Å². The molecule has 3 aliphatic rings. The van der Waals surface area contributed by atoms with Gasteiger partial charge < -0.3 is 14.4 Å². The lowest BCUT2D eigenvalue weighted by Crippen LogP contribution is -2.43. The molecule has 2 unspecified atom stereocenters. The average Bonchev–Trinajstić information content (AvgIpc) is 2.98. The molecule has 0 N–H and O–H groups in total. The molecule has 0 aromatic heterocycles. The number of hydrogen-bond acceptors (Lipinski definition) is 3. The third-order valence-corrected chi connectivity index (χ3v) is 6.00. The van der Waals surface area contributed by atoms with Crippen molar-refractivity contribution in [3.8, 4) is 11.5 Å². The van der Waals surface area contributed by atoms with Crippen molar-refractivity contribution in [3.63, 3.8) is 0 Å². The maximum atomic E-state index is 13.5. The molecule has 0 saturated carbocycles. The van der Waals surface area contributed by atoms with Gasteiger partial charge in [0.2, 0.25) is 0 Å². The van der Waals surface area contributed by atoms with Gasteiger partial charge in [-0.3, -0.25) is 4.79 Å². The lowest BCUT2D eigenvalue weighted by atomic mass is 9.94. The first kappa shape index (κ1) is 17.6. The summed E-state index contributed by atoms with van der Waals surface area (Å²) in [5.41, 5.74) is 2.66. The van der Waals surface area contributed by atoms with E-state index >= 15 is 0 Å². The number of amides is 1. The van der Waals surface area contributed by atoms with Crippen LogP contribution in [0.25, 0.3) is 5.57 Å². The molecule has 6 heteroatoms. The van der Waals surface area contributed by atoms with Gasteiger partial charge in [-0.1, -0.05) is 23.7 Å². The summed E-state index contributed by atoms with van der Waals surface area (Å²) in [6.07, 6.45) is 4.76. The van der Waals surface area contributed by atoms with Gasteiger partial charge >= 0.3 is 0 Å². The van der Waals surface area contributed by atoms with E-state index in [1.165, 1.54) is 6.07 Å². The average molecular weight is 400 g/mol. The van der Waals surface area contributed by atoms with E-state index in [4.69, 9.17) is 21.1 Å². The molecule has 0 radical (unpaired) electrons. The molecule has 3 heterocycles. The maximum absolute atomic E-state index is 13.5. The van der Waals surface area contributed by atoms with E-state index in [-0.39, 0.29) is 23.0 Å². The zero-order valence-electron chi connectivity index (χ0n) is 15.2. The fourth-order valence-electron chi connectivity index (χ4n) is 4.38. The van der Waals surface area contributed by atoms with Crippen molar-refractivity contribution < 1.29 is 18.7 Å². The van der Waals surface area contributed by atoms with E-state index in [0.717, 1.165) is 30.4 Å². The lowest BCUT2D eigenvalue weighted by Gasteiger charge is -2.34. The largest absolute Gasteiger partial charge is 0.486 e. The van der Waals surface area contributed by atoms with Crippen LogP contribution < -0.4 is 9.47 Å². The van der Waals surface area contributed by atoms with Crippen LogP contribution in [0.5, 0.6) is 11.5 Å². The molecule has 2 aromatic rings. The number of ether oxygens (including phenoxy) is 2. The minimum absolute atomic E-state index is 0.0110. The van der Waals surface area contributed by atoms with Crippen LogP contribution in [0.3, 0.4) is 0 Å². The fraction of sp³-hybridized carbons (Fsp3) is 0.318. The van der Waals surface area contributed by atoms with Crippen LogP contribution in [0.2, 0.25) is 5.02 Å². The normalized spacial score (nSPS) is 22.8. The number of hydrogen-bond donors (Lipinski definition) is 0. The predicted molar refractivity (Wildman–Crippen MR) is 104 cm³/mol. The third-order valence-electron chi connectivity index (χ3n) is 5.71. The Kier molecular flexibility index (Phi) is 4.27. The molecule has 1 saturated heterocycles. The molecule has 0 spiro atoms. The minimum Gasteiger partial charge on any atom is -0.486 e. The number of carbonyl (C=O) groups excluding carboxylic acids is 1. The van der Waals surface area contributed by atoms with Gasteiger partial charge in [0.15, 0.2) is 11.5 Å². The number of benzene rings is 2. The Bertz CT molecular complexity index is 990. The molecule has 1 fully saturated rings. The second-order valence-corrected chi connectivity index (χ2v) is 7.80. The SMILES string of the molecule is O=C(c1ccc2c(c1)OCCO2)N1C2C=C(c3ccc(F)c(Cl)c3)CC1CC2. The highest BCUT2D eigenvalue weighted by Gasteiger charge is 2.40. The zero-order valence-corrected chi connectivity index (χ0v) is 15.9. The van der Waals surface area contributed by atoms with Gasteiger partial charge in [-0.05, 0) is 60.7 Å². The van der Waals surface area contributed by atoms with Gasteiger partial charge in [0.25, 0.3) is 5.91 Å². The minimum atomic E-state index is -0.416. The summed E-state index contributed by atoms with van der Waals surface area (Å²) >= 11 is 5.95. The summed E-state index contributed by atoms with van der Waals surface area (Å²) in [7, 11) is 0. The van der Waals surface area contributed by atoms with E-state index in [0.29, 0.717) is 30.3 Å². The van der Waals surface area contributed by atoms with Crippen molar-refractivity contribution in [3.05, 3.63) is 64.4 Å². The van der Waals surface area contributed by atoms with Crippen LogP contribution in [0.4, 0.5) is 4.39 Å². The zero-order chi connectivity index (χ0) is 19.3. The highest BCUT2D eigenvalue weighted by Crippen LogP contribution is 2.40. The first-order valence-electron chi connectivity index (χ1n) is 9.48. The van der Waals surface area contributed by atoms with Gasteiger partial charge in [-0.2, -0.15) is 0 Å². The van der Waals surface area contributed by atoms with E-state index in [9.17, 15) is 9.18 Å². The topological polar surface area (TPSA) is 38.8 Å². The molecule has 1 amide bonds. The molecule has 3 aliphatic heterocycles. The lowest BCUT2D eigenvalue weighted by molar-refractivity contribution is 0.0691. The Morgan fingerprint density at radius 3 is 2.68 bits per heavy atom. The first-order chi connectivity index (χ1) is 13.6. The smallest absolute Gasteiger partial charge is 0.254 e. The van der Waals surface area contributed by atoms with Gasteiger partial charge in [-0.25, -0.2) is 4.39 Å². The Balaban J connectivity index is 1.42. The molecular formula is C22H19ClFNO3. The fourth-order valence-corrected chi connectivity index (χ4v) is 4.56. The van der Waals surface area contributed by atoms with E-state index < -0.39 is 5.82 Å². The molecule has 2 bridgehead atoms. The van der Waals surface area contributed by atoms with Crippen molar-refractivity contribution in [1.29, 1.82) is 0 Å². The molecule has 144 valence electrons. The van der Waals surface area contributed by atoms with Crippen molar-refractivity contribution in [2.45, 2.75) is 31.3 Å². The van der Waals surface area contributed by atoms with Crippen molar-refractivity contribution >= 4 is 23.1 Å². The van der Waals surface area contributed by atoms with Gasteiger partial charge in [-0.15, -0.1) is 0 Å². The van der Waals surface area contributed by atoms with Gasteiger partial charge in [0.1, 0.15) is 19.0 Å². The highest BCUT2D eigenvalue weighted by molar-refractivity contribution is 6.30. The molecule has 4 nitrogen and oxygen atoms in total. The number of nitrogens with zero attached hydrogens (tertiary/aromatic N) is 1. The molecule has 2 aromatic carbocycles. The van der Waals surface area contributed by atoms with Gasteiger partial charge in [0.05, 0.1) is 11.1 Å². The Hall–Kier alpha value is -2.53. The molecule has 0 aliphatic carbocycles. The number of fused-ring (bicyclic) bond motifs is 3. The number of halogens is 2. The Labute approximate surface area is 167 Å². The summed E-state index contributed by atoms with van der Waals surface area (Å²) in [5, 5.41) is 0.125. The molecular weight excluding hydrogens is 381 g/mol. The second kappa shape index (κ2) is 6.82. The van der Waals surface area contributed by atoms with Crippen LogP contribution in [-0.4, -0.2) is 36.1 Å². The quantitative estimate of drug-likeness (QED) is 0.734. The van der Waals surface area contributed by atoms with E-state index in [1.807, 2.05) is 4.90 Å². The van der Waals surface area contributed by atoms with Gasteiger partial charge in [0, 0.05) is 11.6 Å². The van der Waals surface area contributed by atoms with Crippen LogP contribution in [0.1, 0.15) is 35.2 Å². The summed E-state index contributed by atoms with van der Waals surface area (Å²) in [5.74, 6) is 0.899. The van der Waals surface area contributed by atoms with Crippen LogP contribution >= 0.6 is 11.6 Å². The van der Waals surface area contributed by atoms with E-state index in [2.05, 4.69) is 6.08 Å². The standard InChI is InChI=1S/C22H19ClFNO3/c23-18-11-13(1-5-19(18)24)15-9-16-3-4-17(10-15)25(16)22(26)14-2-6-20-21(12-14)28-8-7-27-20/h1-2,5-6,9,11-12,16-17H,3-4,7-8,10H2. The third kappa shape index (κ3) is 2.94. The summed E-state index contributed by atoms with van der Waals surface area (Å²) in [6.45, 7) is 1.02. The molecule has 28 heavy (non-hydrogen) atoms. The molecule has 5 rings (SSSR count). The monoisotopic (exact) mass is 399 g/mol. The van der Waals surface area contributed by atoms with Crippen LogP contribution in [-0.2, 0) is 0 Å². The second-order valence-electron chi connectivity index (χ2n) is 7.39. The first-order valence-corrected chi connectivity index (χ1v) is 9.86. The van der Waals surface area contributed by atoms with Crippen LogP contribution in [0.15, 0.2) is 42.5 Å². The Morgan fingerprint density at radius 2 is 1.89 bits per heavy atom. The maximum Gasteiger partial charge on any atom is 0.254 e. The van der Waals surface area contributed by atoms with Crippen LogP contribution in [0, 0.1) is 5.82 Å². The summed E-state index contributed by atoms with van der Waals surface area (Å²) in [6, 6.07) is 10.4. The number of carbonyl (C=O) groups is 1. The summed E-state index contributed by atoms with van der Waals surface area (Å²) < 4.78 is 24.6. The highest BCUT2D eigenvalue weighted by atomic mass is 35.5. The number of rotatable bonds is 2.